The van der Waals surface area contributed by atoms with E-state index in [4.69, 9.17) is 0 Å². The molecule has 0 aliphatic rings. The van der Waals surface area contributed by atoms with Crippen LogP contribution in [0.15, 0.2) is 24.6 Å². The Balaban J connectivity index is 3.88. The number of nitrogens with zero attached hydrogens (tertiary/aromatic N) is 2. The Bertz CT molecular complexity index is 265. The Morgan fingerprint density at radius 3 is 1.38 bits per heavy atom. The van der Waals surface area contributed by atoms with Crippen LogP contribution in [0.5, 0.6) is 0 Å². The van der Waals surface area contributed by atoms with E-state index >= 15 is 0 Å². The van der Waals surface area contributed by atoms with Gasteiger partial charge >= 0.3 is 11.9 Å². The summed E-state index contributed by atoms with van der Waals surface area (Å²) in [6.45, 7) is 0. The molecule has 0 aromatic heterocycles. The molecule has 0 saturated carbocycles. The van der Waals surface area contributed by atoms with Gasteiger partial charge < -0.3 is 9.80 Å². The van der Waals surface area contributed by atoms with E-state index in [9.17, 15) is 9.59 Å². The van der Waals surface area contributed by atoms with Crippen LogP contribution in [0.2, 0.25) is 0 Å². The molecule has 0 rings (SSSR count). The molecular weight excluding hydrogens is 212 g/mol. The summed E-state index contributed by atoms with van der Waals surface area (Å²) in [4.78, 5) is 33.6. The fourth-order valence-corrected chi connectivity index (χ4v) is 0.558. The highest BCUT2D eigenvalue weighted by Crippen LogP contribution is 1.89. The molecule has 0 fully saturated rings. The zero-order chi connectivity index (χ0) is 12.6. The molecule has 0 aromatic rings. The van der Waals surface area contributed by atoms with E-state index in [-0.39, 0.29) is 0 Å². The SMILES string of the molecule is CN(C)/C=C/C(=O)OOC(=O)/C=C/N(C)C. The molecule has 0 aliphatic heterocycles. The Morgan fingerprint density at radius 1 is 0.812 bits per heavy atom. The molecule has 0 aliphatic carbocycles. The molecule has 0 amide bonds. The van der Waals surface area contributed by atoms with Crippen molar-refractivity contribution < 1.29 is 19.4 Å². The predicted molar refractivity (Wildman–Crippen MR) is 57.8 cm³/mol. The van der Waals surface area contributed by atoms with Crippen LogP contribution in [-0.4, -0.2) is 49.9 Å². The van der Waals surface area contributed by atoms with Crippen LogP contribution in [0.3, 0.4) is 0 Å². The van der Waals surface area contributed by atoms with Crippen LogP contribution >= 0.6 is 0 Å². The molecule has 0 heterocycles. The van der Waals surface area contributed by atoms with Crippen LogP contribution in [0.4, 0.5) is 0 Å². The zero-order valence-electron chi connectivity index (χ0n) is 9.84. The molecule has 0 bridgehead atoms. The summed E-state index contributed by atoms with van der Waals surface area (Å²) in [6, 6.07) is 0. The number of hydrogen-bond donors (Lipinski definition) is 0. The van der Waals surface area contributed by atoms with E-state index < -0.39 is 11.9 Å². The van der Waals surface area contributed by atoms with Crippen LogP contribution in [0, 0.1) is 0 Å². The van der Waals surface area contributed by atoms with Gasteiger partial charge in [-0.25, -0.2) is 19.4 Å². The van der Waals surface area contributed by atoms with Gasteiger partial charge in [0.1, 0.15) is 0 Å². The minimum absolute atomic E-state index is 0.750. The van der Waals surface area contributed by atoms with Gasteiger partial charge in [-0.1, -0.05) is 0 Å². The first-order valence-corrected chi connectivity index (χ1v) is 4.53. The Labute approximate surface area is 94.6 Å². The van der Waals surface area contributed by atoms with Crippen molar-refractivity contribution in [3.05, 3.63) is 24.6 Å². The minimum Gasteiger partial charge on any atom is -0.383 e. The first-order valence-electron chi connectivity index (χ1n) is 4.53. The fraction of sp³-hybridized carbons (Fsp3) is 0.400. The number of rotatable bonds is 4. The molecule has 0 N–H and O–H groups in total. The molecule has 90 valence electrons. The number of carbonyl (C=O) groups is 2. The van der Waals surface area contributed by atoms with Gasteiger partial charge in [0.15, 0.2) is 0 Å². The summed E-state index contributed by atoms with van der Waals surface area (Å²) in [5, 5.41) is 0. The van der Waals surface area contributed by atoms with E-state index in [0.717, 1.165) is 12.2 Å². The lowest BCUT2D eigenvalue weighted by atomic mass is 10.6. The Hall–Kier alpha value is -1.98. The van der Waals surface area contributed by atoms with Crippen molar-refractivity contribution in [3.63, 3.8) is 0 Å². The topological polar surface area (TPSA) is 59.1 Å². The zero-order valence-corrected chi connectivity index (χ0v) is 9.84. The van der Waals surface area contributed by atoms with Gasteiger partial charge in [-0.15, -0.1) is 0 Å². The van der Waals surface area contributed by atoms with Crippen LogP contribution in [0.1, 0.15) is 0 Å². The van der Waals surface area contributed by atoms with Gasteiger partial charge in [0.25, 0.3) is 0 Å². The van der Waals surface area contributed by atoms with Gasteiger partial charge in [0.2, 0.25) is 0 Å². The predicted octanol–water partition coefficient (Wildman–Crippen LogP) is 0.138. The highest BCUT2D eigenvalue weighted by molar-refractivity contribution is 5.84. The van der Waals surface area contributed by atoms with Crippen molar-refractivity contribution in [2.45, 2.75) is 0 Å². The van der Waals surface area contributed by atoms with Gasteiger partial charge in [0, 0.05) is 52.7 Å². The van der Waals surface area contributed by atoms with Gasteiger partial charge in [-0.05, 0) is 0 Å². The third-order valence-corrected chi connectivity index (χ3v) is 1.22. The van der Waals surface area contributed by atoms with E-state index in [0.29, 0.717) is 0 Å². The molecular formula is C10H16N2O4. The average molecular weight is 228 g/mol. The number of hydrogen-bond acceptors (Lipinski definition) is 6. The minimum atomic E-state index is -0.750. The second-order valence-electron chi connectivity index (χ2n) is 3.36. The maximum absolute atomic E-state index is 10.9. The highest BCUT2D eigenvalue weighted by Gasteiger charge is 2.03. The molecule has 6 heteroatoms. The lowest BCUT2D eigenvalue weighted by Gasteiger charge is -2.03. The second-order valence-corrected chi connectivity index (χ2v) is 3.36. The van der Waals surface area contributed by atoms with E-state index in [1.807, 2.05) is 0 Å². The summed E-state index contributed by atoms with van der Waals surface area (Å²) < 4.78 is 0. The van der Waals surface area contributed by atoms with Gasteiger partial charge in [0.05, 0.1) is 0 Å². The fourth-order valence-electron chi connectivity index (χ4n) is 0.558. The third-order valence-electron chi connectivity index (χ3n) is 1.22. The largest absolute Gasteiger partial charge is 0.383 e. The third kappa shape index (κ3) is 8.61. The molecule has 0 aromatic carbocycles. The van der Waals surface area contributed by atoms with Crippen molar-refractivity contribution in [1.82, 2.24) is 9.80 Å². The van der Waals surface area contributed by atoms with Crippen molar-refractivity contribution >= 4 is 11.9 Å². The van der Waals surface area contributed by atoms with Crippen molar-refractivity contribution in [2.24, 2.45) is 0 Å². The normalized spacial score (nSPS) is 10.5. The summed E-state index contributed by atoms with van der Waals surface area (Å²) >= 11 is 0. The quantitative estimate of drug-likeness (QED) is 0.387. The summed E-state index contributed by atoms with van der Waals surface area (Å²) in [5.74, 6) is -1.50. The van der Waals surface area contributed by atoms with E-state index in [1.54, 1.807) is 38.0 Å². The van der Waals surface area contributed by atoms with Crippen molar-refractivity contribution in [2.75, 3.05) is 28.2 Å². The monoisotopic (exact) mass is 228 g/mol. The van der Waals surface area contributed by atoms with Gasteiger partial charge in [-0.2, -0.15) is 0 Å². The Kier molecular flexibility index (Phi) is 6.42. The standard InChI is InChI=1S/C10H16N2O4/c1-11(2)7-5-9(13)15-16-10(14)6-8-12(3)4/h5-8H,1-4H3/b7-5+,8-6+. The summed E-state index contributed by atoms with van der Waals surface area (Å²) in [6.07, 6.45) is 5.24. The summed E-state index contributed by atoms with van der Waals surface area (Å²) in [5.41, 5.74) is 0. The smallest absolute Gasteiger partial charge is 0.380 e. The molecule has 0 spiro atoms. The molecule has 0 saturated heterocycles. The molecule has 0 radical (unpaired) electrons. The highest BCUT2D eigenvalue weighted by atomic mass is 17.2. The van der Waals surface area contributed by atoms with Gasteiger partial charge in [-0.3, -0.25) is 0 Å². The maximum Gasteiger partial charge on any atom is 0.380 e. The van der Waals surface area contributed by atoms with E-state index in [1.165, 1.54) is 12.4 Å². The Morgan fingerprint density at radius 2 is 1.12 bits per heavy atom. The van der Waals surface area contributed by atoms with Crippen LogP contribution < -0.4 is 0 Å². The lowest BCUT2D eigenvalue weighted by Crippen LogP contribution is -2.10. The second kappa shape index (κ2) is 7.33. The number of carbonyl (C=O) groups excluding carboxylic acids is 2. The summed E-state index contributed by atoms with van der Waals surface area (Å²) in [7, 11) is 6.98. The van der Waals surface area contributed by atoms with Crippen molar-refractivity contribution in [3.8, 4) is 0 Å². The van der Waals surface area contributed by atoms with Crippen LogP contribution in [-0.2, 0) is 19.4 Å². The molecule has 0 atom stereocenters. The average Bonchev–Trinajstić information content (AvgIpc) is 2.20. The first kappa shape index (κ1) is 14.0. The molecule has 6 nitrogen and oxygen atoms in total. The maximum atomic E-state index is 10.9. The van der Waals surface area contributed by atoms with Crippen molar-refractivity contribution in [1.29, 1.82) is 0 Å². The van der Waals surface area contributed by atoms with Crippen LogP contribution in [0.25, 0.3) is 0 Å². The lowest BCUT2D eigenvalue weighted by molar-refractivity contribution is -0.250. The first-order chi connectivity index (χ1) is 7.41. The molecule has 0 unspecified atom stereocenters. The molecule has 16 heavy (non-hydrogen) atoms. The van der Waals surface area contributed by atoms with E-state index in [2.05, 4.69) is 9.78 Å².